The highest BCUT2D eigenvalue weighted by molar-refractivity contribution is 7.99. The van der Waals surface area contributed by atoms with E-state index in [0.717, 1.165) is 24.2 Å². The van der Waals surface area contributed by atoms with Gasteiger partial charge in [-0.15, -0.1) is 10.2 Å². The van der Waals surface area contributed by atoms with Crippen molar-refractivity contribution in [3.8, 4) is 11.4 Å². The van der Waals surface area contributed by atoms with Crippen LogP contribution in [0, 0.1) is 0 Å². The molecule has 1 saturated heterocycles. The van der Waals surface area contributed by atoms with Crippen molar-refractivity contribution in [2.24, 2.45) is 7.05 Å². The Bertz CT molecular complexity index is 913. The van der Waals surface area contributed by atoms with Gasteiger partial charge >= 0.3 is 0 Å². The van der Waals surface area contributed by atoms with Crippen LogP contribution in [0.5, 0.6) is 0 Å². The molecule has 0 aliphatic carbocycles. The molecule has 7 nitrogen and oxygen atoms in total. The number of carbonyl (C=O) groups excluding carboxylic acids is 1. The summed E-state index contributed by atoms with van der Waals surface area (Å²) in [6.45, 7) is 2.66. The average molecular weight is 423 g/mol. The summed E-state index contributed by atoms with van der Waals surface area (Å²) in [5.41, 5.74) is 0.969. The Morgan fingerprint density at radius 2 is 2.04 bits per heavy atom. The van der Waals surface area contributed by atoms with E-state index in [9.17, 15) is 13.2 Å². The molecular formula is C19H26N4O3S2. The van der Waals surface area contributed by atoms with Crippen molar-refractivity contribution in [3.63, 3.8) is 0 Å². The van der Waals surface area contributed by atoms with Crippen molar-refractivity contribution in [1.82, 2.24) is 19.7 Å². The predicted molar refractivity (Wildman–Crippen MR) is 111 cm³/mol. The zero-order valence-corrected chi connectivity index (χ0v) is 17.9. The molecular weight excluding hydrogens is 396 g/mol. The first kappa shape index (κ1) is 20.9. The average Bonchev–Trinajstić information content (AvgIpc) is 3.23. The Hall–Kier alpha value is -1.87. The van der Waals surface area contributed by atoms with E-state index in [1.54, 1.807) is 4.90 Å². The van der Waals surface area contributed by atoms with E-state index in [1.807, 2.05) is 41.9 Å². The third-order valence-corrected chi connectivity index (χ3v) is 7.67. The maximum atomic E-state index is 12.9. The van der Waals surface area contributed by atoms with E-state index in [4.69, 9.17) is 0 Å². The maximum absolute atomic E-state index is 12.9. The molecule has 2 heterocycles. The highest BCUT2D eigenvalue weighted by Gasteiger charge is 2.34. The number of rotatable bonds is 8. The first-order chi connectivity index (χ1) is 13.4. The lowest BCUT2D eigenvalue weighted by Gasteiger charge is -2.28. The van der Waals surface area contributed by atoms with Gasteiger partial charge in [0.15, 0.2) is 20.8 Å². The van der Waals surface area contributed by atoms with Crippen LogP contribution in [0.4, 0.5) is 0 Å². The van der Waals surface area contributed by atoms with Gasteiger partial charge in [-0.05, 0) is 12.8 Å². The SMILES string of the molecule is CCCCN(C(=O)CSc1nnc(-c2ccccc2)n1C)[C@H]1CCS(=O)(=O)C1. The smallest absolute Gasteiger partial charge is 0.233 e. The minimum atomic E-state index is -3.03. The highest BCUT2D eigenvalue weighted by Crippen LogP contribution is 2.24. The predicted octanol–water partition coefficient (Wildman–Crippen LogP) is 2.39. The van der Waals surface area contributed by atoms with Crippen molar-refractivity contribution >= 4 is 27.5 Å². The molecule has 1 atom stereocenters. The van der Waals surface area contributed by atoms with Gasteiger partial charge in [0, 0.05) is 25.2 Å². The van der Waals surface area contributed by atoms with E-state index in [2.05, 4.69) is 17.1 Å². The molecule has 0 saturated carbocycles. The molecule has 152 valence electrons. The number of carbonyl (C=O) groups is 1. The van der Waals surface area contributed by atoms with Gasteiger partial charge < -0.3 is 9.47 Å². The second-order valence-electron chi connectivity index (χ2n) is 7.02. The first-order valence-electron chi connectivity index (χ1n) is 9.49. The van der Waals surface area contributed by atoms with Gasteiger partial charge in [-0.1, -0.05) is 55.4 Å². The van der Waals surface area contributed by atoms with E-state index >= 15 is 0 Å². The maximum Gasteiger partial charge on any atom is 0.233 e. The Morgan fingerprint density at radius 3 is 2.68 bits per heavy atom. The molecule has 1 aliphatic rings. The van der Waals surface area contributed by atoms with Crippen LogP contribution in [0.25, 0.3) is 11.4 Å². The second-order valence-corrected chi connectivity index (χ2v) is 10.2. The molecule has 0 unspecified atom stereocenters. The van der Waals surface area contributed by atoms with Gasteiger partial charge in [0.25, 0.3) is 0 Å². The summed E-state index contributed by atoms with van der Waals surface area (Å²) in [7, 11) is -1.14. The van der Waals surface area contributed by atoms with Gasteiger partial charge in [0.1, 0.15) is 0 Å². The van der Waals surface area contributed by atoms with Crippen molar-refractivity contribution in [2.45, 2.75) is 37.4 Å². The van der Waals surface area contributed by atoms with E-state index in [0.29, 0.717) is 18.1 Å². The highest BCUT2D eigenvalue weighted by atomic mass is 32.2. The summed E-state index contributed by atoms with van der Waals surface area (Å²) in [6.07, 6.45) is 2.36. The largest absolute Gasteiger partial charge is 0.338 e. The molecule has 1 amide bonds. The molecule has 1 aromatic carbocycles. The van der Waals surface area contributed by atoms with Crippen LogP contribution >= 0.6 is 11.8 Å². The Balaban J connectivity index is 1.67. The Kier molecular flexibility index (Phi) is 6.77. The van der Waals surface area contributed by atoms with E-state index in [-0.39, 0.29) is 29.2 Å². The summed E-state index contributed by atoms with van der Waals surface area (Å²) in [4.78, 5) is 14.6. The van der Waals surface area contributed by atoms with Crippen LogP contribution in [0.2, 0.25) is 0 Å². The fourth-order valence-electron chi connectivity index (χ4n) is 3.35. The molecule has 3 rings (SSSR count). The number of aromatic nitrogens is 3. The van der Waals surface area contributed by atoms with Crippen molar-refractivity contribution in [3.05, 3.63) is 30.3 Å². The molecule has 28 heavy (non-hydrogen) atoms. The van der Waals surface area contributed by atoms with Crippen LogP contribution in [0.15, 0.2) is 35.5 Å². The number of hydrogen-bond donors (Lipinski definition) is 0. The van der Waals surface area contributed by atoms with Crippen molar-refractivity contribution in [2.75, 3.05) is 23.8 Å². The van der Waals surface area contributed by atoms with Crippen LogP contribution in [0.3, 0.4) is 0 Å². The summed E-state index contributed by atoms with van der Waals surface area (Å²) in [5.74, 6) is 1.19. The standard InChI is InChI=1S/C19H26N4O3S2/c1-3-4-11-23(16-10-12-28(25,26)14-16)17(24)13-27-19-21-20-18(22(19)2)15-8-6-5-7-9-15/h5-9,16H,3-4,10-14H2,1-2H3/t16-/m0/s1. The molecule has 0 bridgehead atoms. The monoisotopic (exact) mass is 422 g/mol. The van der Waals surface area contributed by atoms with Crippen LogP contribution < -0.4 is 0 Å². The number of unbranched alkanes of at least 4 members (excludes halogenated alkanes) is 1. The molecule has 9 heteroatoms. The lowest BCUT2D eigenvalue weighted by molar-refractivity contribution is -0.130. The minimum Gasteiger partial charge on any atom is -0.338 e. The molecule has 0 spiro atoms. The number of thioether (sulfide) groups is 1. The summed E-state index contributed by atoms with van der Waals surface area (Å²) in [6, 6.07) is 9.57. The summed E-state index contributed by atoms with van der Waals surface area (Å²) in [5, 5.41) is 9.13. The molecule has 1 aliphatic heterocycles. The van der Waals surface area contributed by atoms with Gasteiger partial charge in [-0.25, -0.2) is 8.42 Å². The summed E-state index contributed by atoms with van der Waals surface area (Å²) >= 11 is 1.34. The third kappa shape index (κ3) is 4.94. The molecule has 1 aromatic heterocycles. The molecule has 2 aromatic rings. The first-order valence-corrected chi connectivity index (χ1v) is 12.3. The Morgan fingerprint density at radius 1 is 1.29 bits per heavy atom. The second kappa shape index (κ2) is 9.09. The van der Waals surface area contributed by atoms with Crippen molar-refractivity contribution in [1.29, 1.82) is 0 Å². The Labute approximate surface area is 170 Å². The van der Waals surface area contributed by atoms with Gasteiger partial charge in [0.05, 0.1) is 17.3 Å². The molecule has 0 radical (unpaired) electrons. The van der Waals surface area contributed by atoms with Gasteiger partial charge in [0.2, 0.25) is 5.91 Å². The molecule has 1 fully saturated rings. The zero-order valence-electron chi connectivity index (χ0n) is 16.2. The van der Waals surface area contributed by atoms with Crippen LogP contribution in [-0.4, -0.2) is 63.8 Å². The van der Waals surface area contributed by atoms with Gasteiger partial charge in [-0.3, -0.25) is 4.79 Å². The normalized spacial score (nSPS) is 18.3. The number of hydrogen-bond acceptors (Lipinski definition) is 6. The van der Waals surface area contributed by atoms with Gasteiger partial charge in [-0.2, -0.15) is 0 Å². The van der Waals surface area contributed by atoms with Crippen molar-refractivity contribution < 1.29 is 13.2 Å². The lowest BCUT2D eigenvalue weighted by atomic mass is 10.2. The minimum absolute atomic E-state index is 0.0372. The number of benzene rings is 1. The molecule has 0 N–H and O–H groups in total. The lowest BCUT2D eigenvalue weighted by Crippen LogP contribution is -2.42. The van der Waals surface area contributed by atoms with Crippen LogP contribution in [-0.2, 0) is 21.7 Å². The fraction of sp³-hybridized carbons (Fsp3) is 0.526. The zero-order chi connectivity index (χ0) is 20.1. The topological polar surface area (TPSA) is 85.2 Å². The van der Waals surface area contributed by atoms with Crippen LogP contribution in [0.1, 0.15) is 26.2 Å². The number of amides is 1. The number of sulfone groups is 1. The number of nitrogens with zero attached hydrogens (tertiary/aromatic N) is 4. The summed E-state index contributed by atoms with van der Waals surface area (Å²) < 4.78 is 25.6. The quantitative estimate of drug-likeness (QED) is 0.607. The fourth-order valence-corrected chi connectivity index (χ4v) is 5.88. The third-order valence-electron chi connectivity index (χ3n) is 4.91. The van der Waals surface area contributed by atoms with E-state index in [1.165, 1.54) is 11.8 Å². The van der Waals surface area contributed by atoms with E-state index < -0.39 is 9.84 Å².